The molecule has 0 aliphatic rings. The van der Waals surface area contributed by atoms with E-state index in [2.05, 4.69) is 5.10 Å². The monoisotopic (exact) mass is 219 g/mol. The maximum absolute atomic E-state index is 13.0. The molecule has 1 heterocycles. The van der Waals surface area contributed by atoms with Crippen LogP contribution in [0.15, 0.2) is 36.7 Å². The van der Waals surface area contributed by atoms with Crippen molar-refractivity contribution in [2.45, 2.75) is 19.5 Å². The van der Waals surface area contributed by atoms with E-state index >= 15 is 0 Å². The normalized spacial score (nSPS) is 12.7. The molecule has 0 spiro atoms. The van der Waals surface area contributed by atoms with Crippen LogP contribution in [0.2, 0.25) is 0 Å². The van der Waals surface area contributed by atoms with E-state index in [1.165, 1.54) is 12.1 Å². The van der Waals surface area contributed by atoms with Gasteiger partial charge in [-0.25, -0.2) is 4.39 Å². The maximum Gasteiger partial charge on any atom is 0.123 e. The van der Waals surface area contributed by atoms with Crippen LogP contribution >= 0.6 is 0 Å². The van der Waals surface area contributed by atoms with E-state index in [9.17, 15) is 4.39 Å². The molecule has 1 atom stereocenters. The Hall–Kier alpha value is -1.68. The van der Waals surface area contributed by atoms with Crippen molar-refractivity contribution in [2.75, 3.05) is 0 Å². The first-order chi connectivity index (χ1) is 7.65. The molecule has 4 heteroatoms. The fourth-order valence-electron chi connectivity index (χ4n) is 1.61. The number of hydrogen-bond donors (Lipinski definition) is 1. The standard InChI is InChI=1S/C12H14FN3/c1-9-6-15-16(7-9)8-12(14)10-3-2-4-11(13)5-10/h2-7,12H,8,14H2,1H3. The molecule has 0 fully saturated rings. The molecule has 0 saturated carbocycles. The summed E-state index contributed by atoms with van der Waals surface area (Å²) in [5.41, 5.74) is 7.85. The second kappa shape index (κ2) is 4.45. The summed E-state index contributed by atoms with van der Waals surface area (Å²) in [7, 11) is 0. The van der Waals surface area contributed by atoms with Gasteiger partial charge in [-0.05, 0) is 30.2 Å². The molecule has 2 aromatic rings. The van der Waals surface area contributed by atoms with Crippen LogP contribution in [0.3, 0.4) is 0 Å². The lowest BCUT2D eigenvalue weighted by atomic mass is 10.1. The quantitative estimate of drug-likeness (QED) is 0.858. The highest BCUT2D eigenvalue weighted by atomic mass is 19.1. The maximum atomic E-state index is 13.0. The zero-order valence-corrected chi connectivity index (χ0v) is 9.10. The molecule has 2 N–H and O–H groups in total. The summed E-state index contributed by atoms with van der Waals surface area (Å²) in [4.78, 5) is 0. The molecule has 0 radical (unpaired) electrons. The number of aryl methyl sites for hydroxylation is 1. The van der Waals surface area contributed by atoms with Gasteiger partial charge in [0.2, 0.25) is 0 Å². The number of hydrogen-bond acceptors (Lipinski definition) is 2. The minimum Gasteiger partial charge on any atom is -0.322 e. The van der Waals surface area contributed by atoms with E-state index in [-0.39, 0.29) is 11.9 Å². The van der Waals surface area contributed by atoms with Crippen molar-refractivity contribution in [3.8, 4) is 0 Å². The molecule has 2 rings (SSSR count). The molecule has 0 saturated heterocycles. The van der Waals surface area contributed by atoms with Gasteiger partial charge in [0.15, 0.2) is 0 Å². The highest BCUT2D eigenvalue weighted by Crippen LogP contribution is 2.13. The number of nitrogens with two attached hydrogens (primary N) is 1. The Labute approximate surface area is 93.7 Å². The highest BCUT2D eigenvalue weighted by Gasteiger charge is 2.08. The van der Waals surface area contributed by atoms with Gasteiger partial charge in [-0.2, -0.15) is 5.10 Å². The largest absolute Gasteiger partial charge is 0.322 e. The third-order valence-electron chi connectivity index (χ3n) is 2.42. The van der Waals surface area contributed by atoms with Crippen LogP contribution in [0.5, 0.6) is 0 Å². The number of aromatic nitrogens is 2. The number of nitrogens with zero attached hydrogens (tertiary/aromatic N) is 2. The van der Waals surface area contributed by atoms with Crippen LogP contribution < -0.4 is 5.73 Å². The Morgan fingerprint density at radius 2 is 2.31 bits per heavy atom. The molecule has 1 unspecified atom stereocenters. The minimum atomic E-state index is -0.260. The Morgan fingerprint density at radius 3 is 2.94 bits per heavy atom. The molecular formula is C12H14FN3. The van der Waals surface area contributed by atoms with Crippen LogP contribution in [0.25, 0.3) is 0 Å². The van der Waals surface area contributed by atoms with E-state index < -0.39 is 0 Å². The van der Waals surface area contributed by atoms with Crippen LogP contribution in [-0.4, -0.2) is 9.78 Å². The number of rotatable bonds is 3. The van der Waals surface area contributed by atoms with Crippen molar-refractivity contribution < 1.29 is 4.39 Å². The van der Waals surface area contributed by atoms with Gasteiger partial charge in [-0.3, -0.25) is 4.68 Å². The Balaban J connectivity index is 2.11. The van der Waals surface area contributed by atoms with Gasteiger partial charge in [-0.15, -0.1) is 0 Å². The van der Waals surface area contributed by atoms with Gasteiger partial charge in [0.05, 0.1) is 12.7 Å². The van der Waals surface area contributed by atoms with E-state index in [0.29, 0.717) is 6.54 Å². The Bertz CT molecular complexity index is 479. The first-order valence-corrected chi connectivity index (χ1v) is 5.15. The van der Waals surface area contributed by atoms with Crippen molar-refractivity contribution in [1.82, 2.24) is 9.78 Å². The van der Waals surface area contributed by atoms with Crippen LogP contribution in [-0.2, 0) is 6.54 Å². The van der Waals surface area contributed by atoms with Gasteiger partial charge in [-0.1, -0.05) is 12.1 Å². The smallest absolute Gasteiger partial charge is 0.123 e. The molecular weight excluding hydrogens is 205 g/mol. The van der Waals surface area contributed by atoms with Crippen molar-refractivity contribution >= 4 is 0 Å². The zero-order chi connectivity index (χ0) is 11.5. The summed E-state index contributed by atoms with van der Waals surface area (Å²) < 4.78 is 14.8. The van der Waals surface area contributed by atoms with Crippen molar-refractivity contribution in [2.24, 2.45) is 5.73 Å². The van der Waals surface area contributed by atoms with E-state index in [0.717, 1.165) is 11.1 Å². The molecule has 0 bridgehead atoms. The lowest BCUT2D eigenvalue weighted by molar-refractivity contribution is 0.523. The van der Waals surface area contributed by atoms with E-state index in [1.807, 2.05) is 19.2 Å². The lowest BCUT2D eigenvalue weighted by Gasteiger charge is -2.11. The van der Waals surface area contributed by atoms with Gasteiger partial charge >= 0.3 is 0 Å². The van der Waals surface area contributed by atoms with Gasteiger partial charge in [0, 0.05) is 12.2 Å². The Morgan fingerprint density at radius 1 is 1.50 bits per heavy atom. The summed E-state index contributed by atoms with van der Waals surface area (Å²) in [6, 6.07) is 6.12. The van der Waals surface area contributed by atoms with E-state index in [1.54, 1.807) is 16.9 Å². The highest BCUT2D eigenvalue weighted by molar-refractivity contribution is 5.19. The number of halogens is 1. The van der Waals surface area contributed by atoms with Crippen LogP contribution in [0.1, 0.15) is 17.2 Å². The molecule has 0 aliphatic carbocycles. The molecule has 1 aromatic heterocycles. The van der Waals surface area contributed by atoms with Crippen molar-refractivity contribution in [3.63, 3.8) is 0 Å². The second-order valence-electron chi connectivity index (χ2n) is 3.90. The molecule has 16 heavy (non-hydrogen) atoms. The molecule has 3 nitrogen and oxygen atoms in total. The number of benzene rings is 1. The summed E-state index contributed by atoms with van der Waals surface area (Å²) in [6.07, 6.45) is 3.69. The summed E-state index contributed by atoms with van der Waals surface area (Å²) in [5, 5.41) is 4.15. The molecule has 1 aromatic carbocycles. The first-order valence-electron chi connectivity index (χ1n) is 5.15. The fraction of sp³-hybridized carbons (Fsp3) is 0.250. The zero-order valence-electron chi connectivity index (χ0n) is 9.10. The topological polar surface area (TPSA) is 43.8 Å². The predicted octanol–water partition coefficient (Wildman–Crippen LogP) is 2.03. The third kappa shape index (κ3) is 2.46. The van der Waals surface area contributed by atoms with Crippen LogP contribution in [0, 0.1) is 12.7 Å². The Kier molecular flexibility index (Phi) is 3.01. The summed E-state index contributed by atoms with van der Waals surface area (Å²) >= 11 is 0. The summed E-state index contributed by atoms with van der Waals surface area (Å²) in [6.45, 7) is 2.52. The average molecular weight is 219 g/mol. The lowest BCUT2D eigenvalue weighted by Crippen LogP contribution is -2.18. The molecule has 0 amide bonds. The summed E-state index contributed by atoms with van der Waals surface area (Å²) in [5.74, 6) is -0.260. The SMILES string of the molecule is Cc1cnn(CC(N)c2cccc(F)c2)c1. The second-order valence-corrected chi connectivity index (χ2v) is 3.90. The third-order valence-corrected chi connectivity index (χ3v) is 2.42. The van der Waals surface area contributed by atoms with Crippen molar-refractivity contribution in [1.29, 1.82) is 0 Å². The minimum absolute atomic E-state index is 0.241. The van der Waals surface area contributed by atoms with Crippen LogP contribution in [0.4, 0.5) is 4.39 Å². The fourth-order valence-corrected chi connectivity index (χ4v) is 1.61. The van der Waals surface area contributed by atoms with Gasteiger partial charge in [0.1, 0.15) is 5.82 Å². The average Bonchev–Trinajstić information content (AvgIpc) is 2.64. The van der Waals surface area contributed by atoms with Gasteiger partial charge in [0.25, 0.3) is 0 Å². The van der Waals surface area contributed by atoms with Gasteiger partial charge < -0.3 is 5.73 Å². The first kappa shape index (κ1) is 10.8. The predicted molar refractivity (Wildman–Crippen MR) is 60.3 cm³/mol. The molecule has 84 valence electrons. The van der Waals surface area contributed by atoms with Crippen molar-refractivity contribution in [3.05, 3.63) is 53.6 Å². The van der Waals surface area contributed by atoms with E-state index in [4.69, 9.17) is 5.73 Å². The molecule has 0 aliphatic heterocycles.